The largest absolute Gasteiger partial charge is 0.494 e. The van der Waals surface area contributed by atoms with Crippen molar-refractivity contribution in [1.82, 2.24) is 15.6 Å². The first-order chi connectivity index (χ1) is 12.6. The minimum Gasteiger partial charge on any atom is -0.494 e. The molecule has 0 saturated heterocycles. The molecule has 2 aromatic rings. The minimum atomic E-state index is -0.224. The Labute approximate surface area is 154 Å². The molecule has 2 N–H and O–H groups in total. The topological polar surface area (TPSA) is 72.5 Å². The quantitative estimate of drug-likeness (QED) is 0.715. The Kier molecular flexibility index (Phi) is 7.74. The van der Waals surface area contributed by atoms with Gasteiger partial charge in [-0.15, -0.1) is 0 Å². The molecule has 2 amide bonds. The van der Waals surface area contributed by atoms with Gasteiger partial charge in [0.05, 0.1) is 19.3 Å². The summed E-state index contributed by atoms with van der Waals surface area (Å²) in [6, 6.07) is 11.1. The molecule has 0 fully saturated rings. The normalized spacial score (nSPS) is 11.5. The van der Waals surface area contributed by atoms with E-state index in [0.717, 1.165) is 23.3 Å². The molecule has 0 radical (unpaired) electrons. The van der Waals surface area contributed by atoms with Crippen molar-refractivity contribution in [3.8, 4) is 11.6 Å². The standard InChI is InChI=1S/C20H27N3O3/c1-4-12-26-19-11-6-16(13-21-19)14-22-20(24)23-15(3)17-7-9-18(10-8-17)25-5-2/h6-11,13,15H,4-5,12,14H2,1-3H3,(H2,22,23,24). The van der Waals surface area contributed by atoms with Crippen LogP contribution in [-0.2, 0) is 6.54 Å². The Hall–Kier alpha value is -2.76. The fraction of sp³-hybridized carbons (Fsp3) is 0.400. The van der Waals surface area contributed by atoms with Gasteiger partial charge in [-0.25, -0.2) is 9.78 Å². The van der Waals surface area contributed by atoms with Crippen LogP contribution in [0.1, 0.15) is 44.4 Å². The summed E-state index contributed by atoms with van der Waals surface area (Å²) in [7, 11) is 0. The van der Waals surface area contributed by atoms with Gasteiger partial charge in [0.15, 0.2) is 0 Å². The summed E-state index contributed by atoms with van der Waals surface area (Å²) in [5.74, 6) is 1.43. The number of carbonyl (C=O) groups excluding carboxylic acids is 1. The van der Waals surface area contributed by atoms with Crippen LogP contribution in [0.15, 0.2) is 42.6 Å². The van der Waals surface area contributed by atoms with Crippen molar-refractivity contribution in [2.24, 2.45) is 0 Å². The van der Waals surface area contributed by atoms with Crippen molar-refractivity contribution >= 4 is 6.03 Å². The molecule has 6 nitrogen and oxygen atoms in total. The van der Waals surface area contributed by atoms with Crippen molar-refractivity contribution in [2.45, 2.75) is 39.8 Å². The minimum absolute atomic E-state index is 0.103. The van der Waals surface area contributed by atoms with Crippen LogP contribution in [0, 0.1) is 0 Å². The van der Waals surface area contributed by atoms with Crippen molar-refractivity contribution in [3.63, 3.8) is 0 Å². The predicted octanol–water partition coefficient (Wildman–Crippen LogP) is 3.83. The molecule has 0 aliphatic heterocycles. The molecule has 140 valence electrons. The SMILES string of the molecule is CCCOc1ccc(CNC(=O)NC(C)c2ccc(OCC)cc2)cn1. The lowest BCUT2D eigenvalue weighted by Crippen LogP contribution is -2.36. The third-order valence-corrected chi connectivity index (χ3v) is 3.74. The van der Waals surface area contributed by atoms with Crippen LogP contribution in [0.4, 0.5) is 4.79 Å². The predicted molar refractivity (Wildman–Crippen MR) is 101 cm³/mol. The highest BCUT2D eigenvalue weighted by Crippen LogP contribution is 2.17. The number of amides is 2. The summed E-state index contributed by atoms with van der Waals surface area (Å²) in [5, 5.41) is 5.76. The first kappa shape index (κ1) is 19.6. The number of nitrogens with one attached hydrogen (secondary N) is 2. The summed E-state index contributed by atoms with van der Waals surface area (Å²) in [6.45, 7) is 7.63. The van der Waals surface area contributed by atoms with Gasteiger partial charge in [0.25, 0.3) is 0 Å². The third kappa shape index (κ3) is 6.27. The first-order valence-corrected chi connectivity index (χ1v) is 8.97. The maximum atomic E-state index is 12.1. The lowest BCUT2D eigenvalue weighted by atomic mass is 10.1. The summed E-state index contributed by atoms with van der Waals surface area (Å²) in [6.07, 6.45) is 2.65. The Morgan fingerprint density at radius 2 is 1.88 bits per heavy atom. The van der Waals surface area contributed by atoms with Gasteiger partial charge in [-0.3, -0.25) is 0 Å². The molecule has 0 bridgehead atoms. The maximum Gasteiger partial charge on any atom is 0.315 e. The third-order valence-electron chi connectivity index (χ3n) is 3.74. The van der Waals surface area contributed by atoms with Crippen LogP contribution in [-0.4, -0.2) is 24.2 Å². The highest BCUT2D eigenvalue weighted by atomic mass is 16.5. The van der Waals surface area contributed by atoms with E-state index in [0.29, 0.717) is 25.6 Å². The highest BCUT2D eigenvalue weighted by molar-refractivity contribution is 5.74. The average Bonchev–Trinajstić information content (AvgIpc) is 2.66. The summed E-state index contributed by atoms with van der Waals surface area (Å²) >= 11 is 0. The average molecular weight is 357 g/mol. The number of ether oxygens (including phenoxy) is 2. The number of hydrogen-bond donors (Lipinski definition) is 2. The van der Waals surface area contributed by atoms with Crippen molar-refractivity contribution < 1.29 is 14.3 Å². The van der Waals surface area contributed by atoms with Crippen LogP contribution in [0.2, 0.25) is 0 Å². The van der Waals surface area contributed by atoms with E-state index in [1.54, 1.807) is 6.20 Å². The first-order valence-electron chi connectivity index (χ1n) is 8.97. The van der Waals surface area contributed by atoms with E-state index in [1.165, 1.54) is 0 Å². The summed E-state index contributed by atoms with van der Waals surface area (Å²) in [4.78, 5) is 16.3. The van der Waals surface area contributed by atoms with E-state index in [1.807, 2.05) is 57.2 Å². The zero-order chi connectivity index (χ0) is 18.8. The number of nitrogens with zero attached hydrogens (tertiary/aromatic N) is 1. The van der Waals surface area contributed by atoms with Gasteiger partial charge in [-0.2, -0.15) is 0 Å². The van der Waals surface area contributed by atoms with Crippen molar-refractivity contribution in [1.29, 1.82) is 0 Å². The fourth-order valence-electron chi connectivity index (χ4n) is 2.34. The van der Waals surface area contributed by atoms with Gasteiger partial charge in [0.2, 0.25) is 5.88 Å². The smallest absolute Gasteiger partial charge is 0.315 e. The van der Waals surface area contributed by atoms with E-state index in [9.17, 15) is 4.79 Å². The van der Waals surface area contributed by atoms with E-state index in [2.05, 4.69) is 15.6 Å². The molecular formula is C20H27N3O3. The van der Waals surface area contributed by atoms with E-state index >= 15 is 0 Å². The molecule has 2 rings (SSSR count). The Morgan fingerprint density at radius 1 is 1.12 bits per heavy atom. The second kappa shape index (κ2) is 10.3. The van der Waals surface area contributed by atoms with E-state index < -0.39 is 0 Å². The maximum absolute atomic E-state index is 12.1. The zero-order valence-corrected chi connectivity index (χ0v) is 15.6. The van der Waals surface area contributed by atoms with Crippen LogP contribution in [0.3, 0.4) is 0 Å². The Balaban J connectivity index is 1.78. The van der Waals surface area contributed by atoms with Crippen LogP contribution in [0.5, 0.6) is 11.6 Å². The lowest BCUT2D eigenvalue weighted by molar-refractivity contribution is 0.237. The van der Waals surface area contributed by atoms with Gasteiger partial charge in [0.1, 0.15) is 5.75 Å². The molecular weight excluding hydrogens is 330 g/mol. The monoisotopic (exact) mass is 357 g/mol. The van der Waals surface area contributed by atoms with Gasteiger partial charge in [-0.05, 0) is 43.5 Å². The number of aromatic nitrogens is 1. The Morgan fingerprint density at radius 3 is 2.50 bits per heavy atom. The van der Waals surface area contributed by atoms with Gasteiger partial charge in [0, 0.05) is 18.8 Å². The molecule has 0 saturated carbocycles. The Bertz CT molecular complexity index is 672. The molecule has 0 spiro atoms. The van der Waals surface area contributed by atoms with Crippen LogP contribution < -0.4 is 20.1 Å². The molecule has 1 heterocycles. The molecule has 26 heavy (non-hydrogen) atoms. The van der Waals surface area contributed by atoms with E-state index in [4.69, 9.17) is 9.47 Å². The zero-order valence-electron chi connectivity index (χ0n) is 15.6. The molecule has 0 aliphatic carbocycles. The fourth-order valence-corrected chi connectivity index (χ4v) is 2.34. The number of pyridine rings is 1. The number of carbonyl (C=O) groups is 1. The van der Waals surface area contributed by atoms with Crippen molar-refractivity contribution in [3.05, 3.63) is 53.7 Å². The van der Waals surface area contributed by atoms with Gasteiger partial charge < -0.3 is 20.1 Å². The number of urea groups is 1. The molecule has 1 aromatic heterocycles. The van der Waals surface area contributed by atoms with Crippen molar-refractivity contribution in [2.75, 3.05) is 13.2 Å². The van der Waals surface area contributed by atoms with Gasteiger partial charge >= 0.3 is 6.03 Å². The summed E-state index contributed by atoms with van der Waals surface area (Å²) < 4.78 is 10.9. The second-order valence-corrected chi connectivity index (χ2v) is 5.90. The molecule has 1 unspecified atom stereocenters. The molecule has 1 aromatic carbocycles. The molecule has 6 heteroatoms. The van der Waals surface area contributed by atoms with Gasteiger partial charge in [-0.1, -0.05) is 25.1 Å². The lowest BCUT2D eigenvalue weighted by Gasteiger charge is -2.15. The second-order valence-electron chi connectivity index (χ2n) is 5.90. The number of hydrogen-bond acceptors (Lipinski definition) is 4. The summed E-state index contributed by atoms with van der Waals surface area (Å²) in [5.41, 5.74) is 1.93. The molecule has 1 atom stereocenters. The number of rotatable bonds is 9. The van der Waals surface area contributed by atoms with Crippen LogP contribution >= 0.6 is 0 Å². The highest BCUT2D eigenvalue weighted by Gasteiger charge is 2.09. The van der Waals surface area contributed by atoms with E-state index in [-0.39, 0.29) is 12.1 Å². The number of benzene rings is 1. The molecule has 0 aliphatic rings. The van der Waals surface area contributed by atoms with Crippen LogP contribution in [0.25, 0.3) is 0 Å².